The van der Waals surface area contributed by atoms with Gasteiger partial charge in [-0.05, 0) is 43.5 Å². The third-order valence-corrected chi connectivity index (χ3v) is 5.10. The Kier molecular flexibility index (Phi) is 4.65. The van der Waals surface area contributed by atoms with Gasteiger partial charge < -0.3 is 10.1 Å². The normalized spacial score (nSPS) is 16.8. The second-order valence-electron chi connectivity index (χ2n) is 7.05. The first-order valence-electron chi connectivity index (χ1n) is 9.72. The molecule has 2 aromatic carbocycles. The molecule has 6 nitrogen and oxygen atoms in total. The molecule has 1 atom stereocenters. The quantitative estimate of drug-likeness (QED) is 0.528. The summed E-state index contributed by atoms with van der Waals surface area (Å²) in [5, 5.41) is 8.54. The second kappa shape index (κ2) is 7.60. The predicted octanol–water partition coefficient (Wildman–Crippen LogP) is 5.08. The minimum absolute atomic E-state index is 0.0276. The van der Waals surface area contributed by atoms with E-state index in [1.807, 2.05) is 29.1 Å². The molecule has 29 heavy (non-hydrogen) atoms. The standard InChI is InChI=1S/C22H20FN5O/c23-17-5-1-2-6-19(17)27-22-24-11-10-18(26-22)15-8-9-16-14-25-28(20(16)13-15)21-7-3-4-12-29-21/h1-2,5-6,8-11,13-14,21H,3-4,7,12H2,(H,24,26,27). The van der Waals surface area contributed by atoms with Gasteiger partial charge in [0.05, 0.1) is 23.1 Å². The summed E-state index contributed by atoms with van der Waals surface area (Å²) in [6.07, 6.45) is 6.70. The summed E-state index contributed by atoms with van der Waals surface area (Å²) in [6.45, 7) is 0.767. The third kappa shape index (κ3) is 3.56. The van der Waals surface area contributed by atoms with Crippen molar-refractivity contribution in [2.24, 2.45) is 0 Å². The maximum absolute atomic E-state index is 13.9. The van der Waals surface area contributed by atoms with Crippen LogP contribution in [-0.4, -0.2) is 26.4 Å². The Balaban J connectivity index is 1.48. The predicted molar refractivity (Wildman–Crippen MR) is 109 cm³/mol. The number of anilines is 2. The number of rotatable bonds is 4. The third-order valence-electron chi connectivity index (χ3n) is 5.10. The van der Waals surface area contributed by atoms with Gasteiger partial charge in [-0.25, -0.2) is 19.0 Å². The van der Waals surface area contributed by atoms with Gasteiger partial charge in [0.15, 0.2) is 6.23 Å². The highest BCUT2D eigenvalue weighted by Crippen LogP contribution is 2.29. The van der Waals surface area contributed by atoms with E-state index in [1.165, 1.54) is 6.07 Å². The highest BCUT2D eigenvalue weighted by molar-refractivity contribution is 5.84. The lowest BCUT2D eigenvalue weighted by Gasteiger charge is -2.23. The fourth-order valence-corrected chi connectivity index (χ4v) is 3.61. The number of halogens is 1. The van der Waals surface area contributed by atoms with Gasteiger partial charge in [0, 0.05) is 23.8 Å². The summed E-state index contributed by atoms with van der Waals surface area (Å²) in [7, 11) is 0. The lowest BCUT2D eigenvalue weighted by atomic mass is 10.1. The molecule has 0 spiro atoms. The SMILES string of the molecule is Fc1ccccc1Nc1nccc(-c2ccc3cnn(C4CCCCO4)c3c2)n1. The largest absolute Gasteiger partial charge is 0.356 e. The number of nitrogens with zero attached hydrogens (tertiary/aromatic N) is 4. The van der Waals surface area contributed by atoms with E-state index in [1.54, 1.807) is 24.4 Å². The van der Waals surface area contributed by atoms with E-state index < -0.39 is 0 Å². The molecule has 2 aromatic heterocycles. The zero-order valence-corrected chi connectivity index (χ0v) is 15.8. The van der Waals surface area contributed by atoms with Crippen LogP contribution in [0.4, 0.5) is 16.0 Å². The number of aromatic nitrogens is 4. The molecule has 146 valence electrons. The highest BCUT2D eigenvalue weighted by atomic mass is 19.1. The van der Waals surface area contributed by atoms with Gasteiger partial charge in [0.2, 0.25) is 5.95 Å². The summed E-state index contributed by atoms with van der Waals surface area (Å²) in [6, 6.07) is 14.4. The highest BCUT2D eigenvalue weighted by Gasteiger charge is 2.19. The second-order valence-corrected chi connectivity index (χ2v) is 7.05. The van der Waals surface area contributed by atoms with Crippen LogP contribution in [0, 0.1) is 5.82 Å². The van der Waals surface area contributed by atoms with Crippen LogP contribution in [-0.2, 0) is 4.74 Å². The number of para-hydroxylation sites is 1. The molecule has 0 bridgehead atoms. The van der Waals surface area contributed by atoms with Crippen molar-refractivity contribution in [3.05, 3.63) is 66.7 Å². The molecular weight excluding hydrogens is 369 g/mol. The minimum atomic E-state index is -0.348. The zero-order valence-electron chi connectivity index (χ0n) is 15.8. The van der Waals surface area contributed by atoms with Gasteiger partial charge >= 0.3 is 0 Å². The Hall–Kier alpha value is -3.32. The minimum Gasteiger partial charge on any atom is -0.356 e. The van der Waals surface area contributed by atoms with E-state index >= 15 is 0 Å². The molecule has 1 N–H and O–H groups in total. The molecule has 1 saturated heterocycles. The van der Waals surface area contributed by atoms with E-state index in [9.17, 15) is 4.39 Å². The molecular formula is C22H20FN5O. The molecule has 0 saturated carbocycles. The maximum Gasteiger partial charge on any atom is 0.227 e. The molecule has 1 aliphatic rings. The van der Waals surface area contributed by atoms with Gasteiger partial charge in [-0.3, -0.25) is 0 Å². The van der Waals surface area contributed by atoms with Gasteiger partial charge in [-0.2, -0.15) is 5.10 Å². The zero-order chi connectivity index (χ0) is 19.6. The van der Waals surface area contributed by atoms with Crippen LogP contribution in [0.25, 0.3) is 22.2 Å². The summed E-state index contributed by atoms with van der Waals surface area (Å²) in [5.74, 6) is -0.00359. The average Bonchev–Trinajstić information content (AvgIpc) is 3.19. The number of ether oxygens (including phenoxy) is 1. The molecule has 1 unspecified atom stereocenters. The summed E-state index contributed by atoms with van der Waals surface area (Å²) in [5.41, 5.74) is 3.04. The van der Waals surface area contributed by atoms with Crippen molar-refractivity contribution in [3.63, 3.8) is 0 Å². The molecule has 0 amide bonds. The molecule has 0 aliphatic carbocycles. The fourth-order valence-electron chi connectivity index (χ4n) is 3.61. The molecule has 0 radical (unpaired) electrons. The van der Waals surface area contributed by atoms with Gasteiger partial charge in [-0.1, -0.05) is 24.3 Å². The van der Waals surface area contributed by atoms with Crippen molar-refractivity contribution in [2.75, 3.05) is 11.9 Å². The van der Waals surface area contributed by atoms with Gasteiger partial charge in [0.25, 0.3) is 0 Å². The first-order chi connectivity index (χ1) is 14.3. The first kappa shape index (κ1) is 17.8. The number of nitrogens with one attached hydrogen (secondary N) is 1. The Labute approximate surface area is 167 Å². The van der Waals surface area contributed by atoms with Crippen LogP contribution in [0.5, 0.6) is 0 Å². The Bertz CT molecular complexity index is 1150. The lowest BCUT2D eigenvalue weighted by molar-refractivity contribution is -0.0366. The smallest absolute Gasteiger partial charge is 0.227 e. The summed E-state index contributed by atoms with van der Waals surface area (Å²) in [4.78, 5) is 8.78. The molecule has 1 fully saturated rings. The van der Waals surface area contributed by atoms with Crippen molar-refractivity contribution in [1.82, 2.24) is 19.7 Å². The van der Waals surface area contributed by atoms with E-state index in [4.69, 9.17) is 4.74 Å². The van der Waals surface area contributed by atoms with Crippen LogP contribution >= 0.6 is 0 Å². The number of hydrogen-bond donors (Lipinski definition) is 1. The van der Waals surface area contributed by atoms with Crippen LogP contribution in [0.3, 0.4) is 0 Å². The molecule has 4 aromatic rings. The van der Waals surface area contributed by atoms with Crippen molar-refractivity contribution in [3.8, 4) is 11.3 Å². The summed E-state index contributed by atoms with van der Waals surface area (Å²) >= 11 is 0. The Morgan fingerprint density at radius 3 is 2.90 bits per heavy atom. The molecule has 1 aliphatic heterocycles. The van der Waals surface area contributed by atoms with E-state index in [0.717, 1.165) is 48.0 Å². The fraction of sp³-hybridized carbons (Fsp3) is 0.227. The van der Waals surface area contributed by atoms with E-state index in [-0.39, 0.29) is 12.0 Å². The van der Waals surface area contributed by atoms with E-state index in [2.05, 4.69) is 26.4 Å². The monoisotopic (exact) mass is 389 g/mol. The number of hydrogen-bond acceptors (Lipinski definition) is 5. The first-order valence-corrected chi connectivity index (χ1v) is 9.72. The van der Waals surface area contributed by atoms with Crippen molar-refractivity contribution >= 4 is 22.5 Å². The Morgan fingerprint density at radius 1 is 1.10 bits per heavy atom. The van der Waals surface area contributed by atoms with Crippen LogP contribution in [0.15, 0.2) is 60.9 Å². The molecule has 5 rings (SSSR count). The summed E-state index contributed by atoms with van der Waals surface area (Å²) < 4.78 is 21.8. The van der Waals surface area contributed by atoms with Crippen LogP contribution < -0.4 is 5.32 Å². The topological polar surface area (TPSA) is 64.9 Å². The van der Waals surface area contributed by atoms with E-state index in [0.29, 0.717) is 11.6 Å². The number of fused-ring (bicyclic) bond motifs is 1. The van der Waals surface area contributed by atoms with Crippen molar-refractivity contribution in [2.45, 2.75) is 25.5 Å². The van der Waals surface area contributed by atoms with Gasteiger partial charge in [-0.15, -0.1) is 0 Å². The number of benzene rings is 2. The van der Waals surface area contributed by atoms with Crippen molar-refractivity contribution in [1.29, 1.82) is 0 Å². The van der Waals surface area contributed by atoms with Crippen LogP contribution in [0.2, 0.25) is 0 Å². The van der Waals surface area contributed by atoms with Crippen LogP contribution in [0.1, 0.15) is 25.5 Å². The maximum atomic E-state index is 13.9. The van der Waals surface area contributed by atoms with Gasteiger partial charge in [0.1, 0.15) is 5.82 Å². The van der Waals surface area contributed by atoms with Crippen molar-refractivity contribution < 1.29 is 9.13 Å². The lowest BCUT2D eigenvalue weighted by Crippen LogP contribution is -2.18. The molecule has 7 heteroatoms. The average molecular weight is 389 g/mol. The molecule has 3 heterocycles. The Morgan fingerprint density at radius 2 is 2.03 bits per heavy atom.